The normalized spacial score (nSPS) is 11.4. The fourth-order valence-electron chi connectivity index (χ4n) is 3.77. The number of benzene rings is 3. The van der Waals surface area contributed by atoms with Crippen LogP contribution in [0.25, 0.3) is 26.9 Å². The Kier molecular flexibility index (Phi) is 7.40. The molecule has 0 spiro atoms. The van der Waals surface area contributed by atoms with Crippen molar-refractivity contribution in [3.8, 4) is 22.0 Å². The quantitative estimate of drug-likeness (QED) is 0.150. The lowest BCUT2D eigenvalue weighted by atomic mass is 10.2. The van der Waals surface area contributed by atoms with E-state index < -0.39 is 4.92 Å². The summed E-state index contributed by atoms with van der Waals surface area (Å²) in [6.45, 7) is 0.874. The van der Waals surface area contributed by atoms with Crippen LogP contribution in [0.15, 0.2) is 83.0 Å². The van der Waals surface area contributed by atoms with E-state index in [1.54, 1.807) is 16.6 Å². The fourth-order valence-corrected chi connectivity index (χ4v) is 4.62. The molecule has 0 radical (unpaired) electrons. The monoisotopic (exact) mass is 530 g/mol. The smallest absolute Gasteiger partial charge is 0.269 e. The van der Waals surface area contributed by atoms with Gasteiger partial charge in [-0.2, -0.15) is 19.8 Å². The Morgan fingerprint density at radius 3 is 2.00 bits per heavy atom. The van der Waals surface area contributed by atoms with Gasteiger partial charge in [0.1, 0.15) is 5.01 Å². The Morgan fingerprint density at radius 1 is 0.842 bits per heavy atom. The van der Waals surface area contributed by atoms with Crippen LogP contribution >= 0.6 is 11.3 Å². The summed E-state index contributed by atoms with van der Waals surface area (Å²) in [6, 6.07) is 21.0. The molecule has 0 amide bonds. The number of rotatable bonds is 10. The number of aliphatic hydroxyl groups is 2. The Morgan fingerprint density at radius 2 is 1.42 bits per heavy atom. The summed E-state index contributed by atoms with van der Waals surface area (Å²) in [5.74, 6) is 0.568. The molecule has 0 atom stereocenters. The third-order valence-electron chi connectivity index (χ3n) is 5.68. The number of nitro groups is 1. The molecule has 0 saturated heterocycles. The molecule has 192 valence electrons. The molecule has 12 nitrogen and oxygen atoms in total. The van der Waals surface area contributed by atoms with E-state index in [0.717, 1.165) is 16.8 Å². The Hall–Kier alpha value is -4.59. The zero-order chi connectivity index (χ0) is 26.5. The number of aliphatic hydroxyl groups excluding tert-OH is 2. The molecular weight excluding hydrogens is 508 g/mol. The van der Waals surface area contributed by atoms with Crippen LogP contribution < -0.4 is 4.90 Å². The van der Waals surface area contributed by atoms with Gasteiger partial charge in [-0.05, 0) is 60.7 Å². The van der Waals surface area contributed by atoms with E-state index in [-0.39, 0.29) is 18.9 Å². The molecule has 2 heterocycles. The predicted molar refractivity (Wildman–Crippen MR) is 143 cm³/mol. The lowest BCUT2D eigenvalue weighted by molar-refractivity contribution is -0.384. The highest BCUT2D eigenvalue weighted by molar-refractivity contribution is 7.19. The largest absolute Gasteiger partial charge is 0.395 e. The maximum Gasteiger partial charge on any atom is 0.269 e. The van der Waals surface area contributed by atoms with Crippen molar-refractivity contribution in [1.82, 2.24) is 19.8 Å². The van der Waals surface area contributed by atoms with Gasteiger partial charge < -0.3 is 15.1 Å². The molecule has 0 bridgehead atoms. The lowest BCUT2D eigenvalue weighted by Gasteiger charge is -2.22. The number of fused-ring (bicyclic) bond motifs is 1. The first-order valence-electron chi connectivity index (χ1n) is 11.6. The standard InChI is InChI=1S/C25H22N8O4S/c34-15-13-31(14-16-35)21-11-7-20(8-12-21)27-26-19-5-1-17(2-6-19)23-28-29-25-32(23)30-24(38-25)18-3-9-22(10-4-18)33(36)37/h1-12,34-35H,13-16H2. The van der Waals surface area contributed by atoms with Crippen molar-refractivity contribution in [3.05, 3.63) is 82.9 Å². The van der Waals surface area contributed by atoms with Crippen molar-refractivity contribution in [2.75, 3.05) is 31.2 Å². The van der Waals surface area contributed by atoms with E-state index >= 15 is 0 Å². The van der Waals surface area contributed by atoms with Gasteiger partial charge in [0.2, 0.25) is 4.96 Å². The van der Waals surface area contributed by atoms with Crippen LogP contribution in [-0.4, -0.2) is 61.3 Å². The van der Waals surface area contributed by atoms with Gasteiger partial charge in [0.25, 0.3) is 5.69 Å². The van der Waals surface area contributed by atoms with Gasteiger partial charge in [-0.3, -0.25) is 10.1 Å². The SMILES string of the molecule is O=[N+]([O-])c1ccc(-c2nn3c(-c4ccc(N=Nc5ccc(N(CCO)CCO)cc5)cc4)nnc3s2)cc1. The molecule has 0 saturated carbocycles. The fraction of sp³-hybridized carbons (Fsp3) is 0.160. The first-order chi connectivity index (χ1) is 18.6. The second kappa shape index (κ2) is 11.2. The third kappa shape index (κ3) is 5.39. The third-order valence-corrected chi connectivity index (χ3v) is 6.62. The maximum atomic E-state index is 10.9. The first kappa shape index (κ1) is 25.1. The minimum absolute atomic E-state index is 0.00120. The van der Waals surface area contributed by atoms with Gasteiger partial charge in [0.05, 0.1) is 29.5 Å². The summed E-state index contributed by atoms with van der Waals surface area (Å²) < 4.78 is 1.65. The highest BCUT2D eigenvalue weighted by atomic mass is 32.1. The Balaban J connectivity index is 1.30. The van der Waals surface area contributed by atoms with Crippen LogP contribution in [0.4, 0.5) is 22.7 Å². The lowest BCUT2D eigenvalue weighted by Crippen LogP contribution is -2.29. The average Bonchev–Trinajstić information content (AvgIpc) is 3.54. The zero-order valence-electron chi connectivity index (χ0n) is 20.0. The number of hydrogen-bond acceptors (Lipinski definition) is 11. The predicted octanol–water partition coefficient (Wildman–Crippen LogP) is 4.63. The van der Waals surface area contributed by atoms with Crippen molar-refractivity contribution < 1.29 is 15.1 Å². The topological polar surface area (TPSA) is 155 Å². The van der Waals surface area contributed by atoms with Crippen LogP contribution in [0.3, 0.4) is 0 Å². The maximum absolute atomic E-state index is 10.9. The van der Waals surface area contributed by atoms with Crippen LogP contribution in [0.2, 0.25) is 0 Å². The molecule has 2 N–H and O–H groups in total. The number of aromatic nitrogens is 4. The molecule has 0 fully saturated rings. The molecule has 0 aliphatic rings. The van der Waals surface area contributed by atoms with Gasteiger partial charge in [0, 0.05) is 42.0 Å². The Labute approximate surface area is 220 Å². The van der Waals surface area contributed by atoms with Crippen LogP contribution in [-0.2, 0) is 0 Å². The van der Waals surface area contributed by atoms with Crippen molar-refractivity contribution in [3.63, 3.8) is 0 Å². The van der Waals surface area contributed by atoms with E-state index in [1.807, 2.05) is 53.4 Å². The summed E-state index contributed by atoms with van der Waals surface area (Å²) in [5.41, 5.74) is 3.80. The van der Waals surface area contributed by atoms with Crippen molar-refractivity contribution in [1.29, 1.82) is 0 Å². The molecule has 0 unspecified atom stereocenters. The number of anilines is 1. The van der Waals surface area contributed by atoms with Crippen molar-refractivity contribution in [2.24, 2.45) is 10.2 Å². The zero-order valence-corrected chi connectivity index (χ0v) is 20.8. The average molecular weight is 531 g/mol. The summed E-state index contributed by atoms with van der Waals surface area (Å²) in [7, 11) is 0. The minimum Gasteiger partial charge on any atom is -0.395 e. The molecule has 5 rings (SSSR count). The van der Waals surface area contributed by atoms with Crippen LogP contribution in [0.5, 0.6) is 0 Å². The molecule has 3 aromatic carbocycles. The summed E-state index contributed by atoms with van der Waals surface area (Å²) >= 11 is 1.34. The summed E-state index contributed by atoms with van der Waals surface area (Å²) in [6.07, 6.45) is 0. The molecule has 38 heavy (non-hydrogen) atoms. The number of nitrogens with zero attached hydrogens (tertiary/aromatic N) is 8. The van der Waals surface area contributed by atoms with Crippen LogP contribution in [0.1, 0.15) is 0 Å². The van der Waals surface area contributed by atoms with Crippen molar-refractivity contribution >= 4 is 39.0 Å². The van der Waals surface area contributed by atoms with E-state index in [4.69, 9.17) is 0 Å². The van der Waals surface area contributed by atoms with Gasteiger partial charge in [-0.25, -0.2) is 0 Å². The second-order valence-electron chi connectivity index (χ2n) is 8.13. The molecule has 13 heteroatoms. The molecule has 2 aromatic heterocycles. The van der Waals surface area contributed by atoms with Gasteiger partial charge in [0.15, 0.2) is 5.82 Å². The summed E-state index contributed by atoms with van der Waals surface area (Å²) in [5, 5.41) is 51.7. The van der Waals surface area contributed by atoms with Gasteiger partial charge in [-0.15, -0.1) is 10.2 Å². The van der Waals surface area contributed by atoms with E-state index in [2.05, 4.69) is 25.5 Å². The molecule has 0 aliphatic heterocycles. The van der Waals surface area contributed by atoms with E-state index in [1.165, 1.54) is 23.5 Å². The van der Waals surface area contributed by atoms with Crippen LogP contribution in [0, 0.1) is 10.1 Å². The van der Waals surface area contributed by atoms with Crippen molar-refractivity contribution in [2.45, 2.75) is 0 Å². The van der Waals surface area contributed by atoms with E-state index in [9.17, 15) is 20.3 Å². The van der Waals surface area contributed by atoms with Gasteiger partial charge in [-0.1, -0.05) is 11.3 Å². The molecular formula is C25H22N8O4S. The molecule has 0 aliphatic carbocycles. The number of nitro benzene ring substituents is 1. The second-order valence-corrected chi connectivity index (χ2v) is 9.08. The molecule has 5 aromatic rings. The van der Waals surface area contributed by atoms with Gasteiger partial charge >= 0.3 is 0 Å². The Bertz CT molecular complexity index is 1560. The number of hydrogen-bond donors (Lipinski definition) is 2. The first-order valence-corrected chi connectivity index (χ1v) is 12.4. The highest BCUT2D eigenvalue weighted by Crippen LogP contribution is 2.30. The van der Waals surface area contributed by atoms with E-state index in [0.29, 0.717) is 40.3 Å². The minimum atomic E-state index is -0.437. The number of azo groups is 1. The number of non-ortho nitro benzene ring substituents is 1. The highest BCUT2D eigenvalue weighted by Gasteiger charge is 2.15. The summed E-state index contributed by atoms with van der Waals surface area (Å²) in [4.78, 5) is 13.0.